The molecule has 0 aromatic carbocycles. The molecule has 0 nitrogen and oxygen atoms in total. The van der Waals surface area contributed by atoms with E-state index in [1.54, 1.807) is 0 Å². The zero-order chi connectivity index (χ0) is 7.98. The highest BCUT2D eigenvalue weighted by Crippen LogP contribution is 2.05. The quantitative estimate of drug-likeness (QED) is 0.523. The lowest BCUT2D eigenvalue weighted by Crippen LogP contribution is -1.84. The van der Waals surface area contributed by atoms with Crippen LogP contribution in [0.25, 0.3) is 0 Å². The van der Waals surface area contributed by atoms with Gasteiger partial charge in [-0.25, -0.2) is 0 Å². The van der Waals surface area contributed by atoms with Gasteiger partial charge in [0, 0.05) is 0 Å². The molecular formula is C10H19. The normalized spacial score (nSPS) is 12.2. The monoisotopic (exact) mass is 139 g/mol. The predicted molar refractivity (Wildman–Crippen MR) is 47.7 cm³/mol. The average molecular weight is 139 g/mol. The van der Waals surface area contributed by atoms with E-state index in [0.29, 0.717) is 5.92 Å². The maximum atomic E-state index is 3.87. The first-order valence-electron chi connectivity index (χ1n) is 4.12. The van der Waals surface area contributed by atoms with Crippen LogP contribution in [-0.4, -0.2) is 0 Å². The molecule has 0 spiro atoms. The van der Waals surface area contributed by atoms with Gasteiger partial charge in [0.2, 0.25) is 0 Å². The summed E-state index contributed by atoms with van der Waals surface area (Å²) in [5.74, 6) is 1.29. The van der Waals surface area contributed by atoms with Gasteiger partial charge < -0.3 is 0 Å². The van der Waals surface area contributed by atoms with Crippen LogP contribution in [0.1, 0.15) is 33.6 Å². The van der Waals surface area contributed by atoms with E-state index in [9.17, 15) is 0 Å². The van der Waals surface area contributed by atoms with Gasteiger partial charge in [0.1, 0.15) is 0 Å². The van der Waals surface area contributed by atoms with E-state index >= 15 is 0 Å². The molecule has 0 aliphatic rings. The second-order valence-corrected chi connectivity index (χ2v) is 3.38. The molecule has 0 rings (SSSR count). The van der Waals surface area contributed by atoms with Gasteiger partial charge in [-0.2, -0.15) is 0 Å². The van der Waals surface area contributed by atoms with E-state index in [4.69, 9.17) is 0 Å². The second kappa shape index (κ2) is 5.52. The summed E-state index contributed by atoms with van der Waals surface area (Å²) in [5, 5.41) is 0. The third kappa shape index (κ3) is 7.74. The van der Waals surface area contributed by atoms with E-state index in [2.05, 4.69) is 39.8 Å². The van der Waals surface area contributed by atoms with Gasteiger partial charge in [0.25, 0.3) is 0 Å². The molecule has 0 aliphatic carbocycles. The van der Waals surface area contributed by atoms with Gasteiger partial charge in [0.15, 0.2) is 0 Å². The van der Waals surface area contributed by atoms with Crippen LogP contribution in [0.4, 0.5) is 0 Å². The summed E-state index contributed by atoms with van der Waals surface area (Å²) in [6.07, 6.45) is 6.90. The lowest BCUT2D eigenvalue weighted by Gasteiger charge is -1.99. The zero-order valence-electron chi connectivity index (χ0n) is 7.43. The molecule has 59 valence electrons. The second-order valence-electron chi connectivity index (χ2n) is 3.38. The van der Waals surface area contributed by atoms with Crippen LogP contribution in [0.5, 0.6) is 0 Å². The Hall–Kier alpha value is -0.260. The Bertz CT molecular complexity index is 88.2. The Kier molecular flexibility index (Phi) is 5.38. The summed E-state index contributed by atoms with van der Waals surface area (Å²) < 4.78 is 0. The summed E-state index contributed by atoms with van der Waals surface area (Å²) in [4.78, 5) is 0. The van der Waals surface area contributed by atoms with E-state index in [0.717, 1.165) is 5.92 Å². The summed E-state index contributed by atoms with van der Waals surface area (Å²) in [7, 11) is 0. The van der Waals surface area contributed by atoms with Crippen molar-refractivity contribution >= 4 is 0 Å². The van der Waals surface area contributed by atoms with Gasteiger partial charge in [0.05, 0.1) is 0 Å². The van der Waals surface area contributed by atoms with Crippen molar-refractivity contribution in [3.05, 3.63) is 19.1 Å². The van der Waals surface area contributed by atoms with Crippen LogP contribution in [0.15, 0.2) is 12.2 Å². The average Bonchev–Trinajstić information content (AvgIpc) is 1.79. The Labute approximate surface area is 65.3 Å². The van der Waals surface area contributed by atoms with Gasteiger partial charge in [-0.05, 0) is 31.6 Å². The molecule has 0 fully saturated rings. The SMILES string of the molecule is [CH2]C(C)/C=C/CCC(C)C. The first kappa shape index (κ1) is 9.74. The van der Waals surface area contributed by atoms with Gasteiger partial charge in [-0.3, -0.25) is 0 Å². The Balaban J connectivity index is 3.19. The Morgan fingerprint density at radius 3 is 2.30 bits per heavy atom. The van der Waals surface area contributed by atoms with Gasteiger partial charge in [-0.15, -0.1) is 0 Å². The van der Waals surface area contributed by atoms with Crippen molar-refractivity contribution in [3.8, 4) is 0 Å². The Morgan fingerprint density at radius 1 is 1.30 bits per heavy atom. The fraction of sp³-hybridized carbons (Fsp3) is 0.700. The minimum absolute atomic E-state index is 0.465. The molecule has 0 aromatic rings. The van der Waals surface area contributed by atoms with Crippen LogP contribution in [0, 0.1) is 18.8 Å². The molecule has 0 bridgehead atoms. The zero-order valence-corrected chi connectivity index (χ0v) is 7.43. The first-order valence-corrected chi connectivity index (χ1v) is 4.12. The van der Waals surface area contributed by atoms with Crippen molar-refractivity contribution in [2.45, 2.75) is 33.6 Å². The molecule has 0 amide bonds. The van der Waals surface area contributed by atoms with Gasteiger partial charge >= 0.3 is 0 Å². The fourth-order valence-corrected chi connectivity index (χ4v) is 0.758. The van der Waals surface area contributed by atoms with Crippen molar-refractivity contribution < 1.29 is 0 Å². The van der Waals surface area contributed by atoms with E-state index in [1.165, 1.54) is 12.8 Å². The minimum atomic E-state index is 0.465. The maximum absolute atomic E-state index is 3.87. The third-order valence-electron chi connectivity index (χ3n) is 1.38. The van der Waals surface area contributed by atoms with Crippen molar-refractivity contribution in [1.82, 2.24) is 0 Å². The number of hydrogen-bond acceptors (Lipinski definition) is 0. The van der Waals surface area contributed by atoms with E-state index < -0.39 is 0 Å². The molecule has 0 N–H and O–H groups in total. The molecule has 0 aliphatic heterocycles. The lowest BCUT2D eigenvalue weighted by molar-refractivity contribution is 0.593. The standard InChI is InChI=1S/C10H19/c1-9(2)7-5-6-8-10(3)4/h5,7,9-10H,1,6,8H2,2-4H3/b7-5+. The largest absolute Gasteiger partial charge is 0.0883 e. The molecule has 0 saturated carbocycles. The van der Waals surface area contributed by atoms with Crippen LogP contribution >= 0.6 is 0 Å². The van der Waals surface area contributed by atoms with Crippen molar-refractivity contribution in [2.24, 2.45) is 11.8 Å². The fourth-order valence-electron chi connectivity index (χ4n) is 0.758. The molecule has 0 saturated heterocycles. The predicted octanol–water partition coefficient (Wildman–Crippen LogP) is 3.45. The minimum Gasteiger partial charge on any atom is -0.0883 e. The van der Waals surface area contributed by atoms with Crippen LogP contribution in [0.2, 0.25) is 0 Å². The Morgan fingerprint density at radius 2 is 1.90 bits per heavy atom. The van der Waals surface area contributed by atoms with Gasteiger partial charge in [-0.1, -0.05) is 32.9 Å². The van der Waals surface area contributed by atoms with Crippen LogP contribution in [-0.2, 0) is 0 Å². The highest BCUT2D eigenvalue weighted by atomic mass is 14.0. The molecule has 1 radical (unpaired) electrons. The highest BCUT2D eigenvalue weighted by molar-refractivity contribution is 4.87. The molecule has 1 unspecified atom stereocenters. The molecule has 10 heavy (non-hydrogen) atoms. The topological polar surface area (TPSA) is 0 Å². The maximum Gasteiger partial charge on any atom is -0.0262 e. The summed E-state index contributed by atoms with van der Waals surface area (Å²) in [5.41, 5.74) is 0. The number of rotatable bonds is 4. The summed E-state index contributed by atoms with van der Waals surface area (Å²) >= 11 is 0. The molecule has 1 atom stereocenters. The van der Waals surface area contributed by atoms with E-state index in [-0.39, 0.29) is 0 Å². The highest BCUT2D eigenvalue weighted by Gasteiger charge is 1.89. The number of hydrogen-bond donors (Lipinski definition) is 0. The summed E-state index contributed by atoms with van der Waals surface area (Å²) in [6.45, 7) is 10.5. The summed E-state index contributed by atoms with van der Waals surface area (Å²) in [6, 6.07) is 0. The van der Waals surface area contributed by atoms with Crippen LogP contribution < -0.4 is 0 Å². The number of allylic oxidation sites excluding steroid dienone is 2. The van der Waals surface area contributed by atoms with Crippen molar-refractivity contribution in [3.63, 3.8) is 0 Å². The first-order chi connectivity index (χ1) is 4.63. The third-order valence-corrected chi connectivity index (χ3v) is 1.38. The lowest BCUT2D eigenvalue weighted by atomic mass is 10.1. The molecule has 0 heterocycles. The smallest absolute Gasteiger partial charge is 0.0262 e. The van der Waals surface area contributed by atoms with E-state index in [1.807, 2.05) is 0 Å². The molecule has 0 heteroatoms. The molecule has 0 aromatic heterocycles. The van der Waals surface area contributed by atoms with Crippen LogP contribution in [0.3, 0.4) is 0 Å². The van der Waals surface area contributed by atoms with Crippen molar-refractivity contribution in [2.75, 3.05) is 0 Å². The van der Waals surface area contributed by atoms with Crippen molar-refractivity contribution in [1.29, 1.82) is 0 Å². The molecular weight excluding hydrogens is 120 g/mol.